The molecule has 0 aromatic carbocycles. The Bertz CT molecular complexity index is 282. The summed E-state index contributed by atoms with van der Waals surface area (Å²) in [5.74, 6) is -0.912. The van der Waals surface area contributed by atoms with Crippen LogP contribution in [0.2, 0.25) is 0 Å². The standard InChI is InChI=1S/C5H7F3N4.ClH/c1-12-3(2-9)10-11-4(12)5(6,7)8;/h2,9H2,1H3;1H. The van der Waals surface area contributed by atoms with Crippen LogP contribution in [0.5, 0.6) is 0 Å². The van der Waals surface area contributed by atoms with Gasteiger partial charge in [0.2, 0.25) is 5.82 Å². The predicted octanol–water partition coefficient (Wildman–Crippen LogP) is 0.714. The average molecular weight is 217 g/mol. The molecule has 1 aromatic rings. The summed E-state index contributed by atoms with van der Waals surface area (Å²) in [7, 11) is 1.23. The lowest BCUT2D eigenvalue weighted by Crippen LogP contribution is -2.14. The third kappa shape index (κ3) is 2.31. The Morgan fingerprint density at radius 1 is 1.38 bits per heavy atom. The summed E-state index contributed by atoms with van der Waals surface area (Å²) in [4.78, 5) is 0. The summed E-state index contributed by atoms with van der Waals surface area (Å²) < 4.78 is 36.9. The quantitative estimate of drug-likeness (QED) is 0.753. The van der Waals surface area contributed by atoms with E-state index in [9.17, 15) is 13.2 Å². The van der Waals surface area contributed by atoms with E-state index in [2.05, 4.69) is 10.2 Å². The number of nitrogens with zero attached hydrogens (tertiary/aromatic N) is 3. The van der Waals surface area contributed by atoms with E-state index < -0.39 is 12.0 Å². The first-order valence-corrected chi connectivity index (χ1v) is 3.12. The lowest BCUT2D eigenvalue weighted by molar-refractivity contribution is -0.147. The molecule has 2 N–H and O–H groups in total. The molecule has 0 aliphatic heterocycles. The van der Waals surface area contributed by atoms with Crippen molar-refractivity contribution in [2.75, 3.05) is 0 Å². The first-order valence-electron chi connectivity index (χ1n) is 3.12. The van der Waals surface area contributed by atoms with Gasteiger partial charge in [-0.25, -0.2) is 0 Å². The molecule has 0 fully saturated rings. The molecule has 0 radical (unpaired) electrons. The minimum absolute atomic E-state index is 0. The van der Waals surface area contributed by atoms with Gasteiger partial charge in [0.25, 0.3) is 0 Å². The summed E-state index contributed by atoms with van der Waals surface area (Å²) in [6, 6.07) is 0. The zero-order valence-corrected chi connectivity index (χ0v) is 7.48. The second-order valence-corrected chi connectivity index (χ2v) is 2.20. The third-order valence-electron chi connectivity index (χ3n) is 1.40. The average Bonchev–Trinajstić information content (AvgIpc) is 2.29. The lowest BCUT2D eigenvalue weighted by atomic mass is 10.5. The van der Waals surface area contributed by atoms with Crippen molar-refractivity contribution >= 4 is 12.4 Å². The Kier molecular flexibility index (Phi) is 3.68. The largest absolute Gasteiger partial charge is 0.451 e. The van der Waals surface area contributed by atoms with Crippen LogP contribution in [0.3, 0.4) is 0 Å². The summed E-state index contributed by atoms with van der Waals surface area (Å²) in [6.45, 7) is -0.0560. The zero-order valence-electron chi connectivity index (χ0n) is 6.67. The Morgan fingerprint density at radius 3 is 2.15 bits per heavy atom. The SMILES string of the molecule is Cl.Cn1c(CN)nnc1C(F)(F)F. The highest BCUT2D eigenvalue weighted by Crippen LogP contribution is 2.27. The fourth-order valence-electron chi connectivity index (χ4n) is 0.786. The van der Waals surface area contributed by atoms with Crippen LogP contribution >= 0.6 is 12.4 Å². The summed E-state index contributed by atoms with van der Waals surface area (Å²) in [5, 5.41) is 6.23. The molecule has 0 aliphatic rings. The van der Waals surface area contributed by atoms with Crippen molar-refractivity contribution in [2.24, 2.45) is 12.8 Å². The van der Waals surface area contributed by atoms with Gasteiger partial charge in [-0.1, -0.05) is 0 Å². The van der Waals surface area contributed by atoms with Gasteiger partial charge in [0.1, 0.15) is 5.82 Å². The van der Waals surface area contributed by atoms with Crippen molar-refractivity contribution in [3.8, 4) is 0 Å². The molecule has 76 valence electrons. The summed E-state index contributed by atoms with van der Waals surface area (Å²) in [5.41, 5.74) is 5.12. The van der Waals surface area contributed by atoms with Crippen LogP contribution in [0.4, 0.5) is 13.2 Å². The van der Waals surface area contributed by atoms with Crippen LogP contribution in [-0.4, -0.2) is 14.8 Å². The molecule has 0 bridgehead atoms. The smallest absolute Gasteiger partial charge is 0.324 e. The molecule has 0 amide bonds. The van der Waals surface area contributed by atoms with Gasteiger partial charge in [0.15, 0.2) is 0 Å². The normalized spacial score (nSPS) is 11.2. The van der Waals surface area contributed by atoms with Crippen molar-refractivity contribution in [3.05, 3.63) is 11.6 Å². The van der Waals surface area contributed by atoms with Crippen molar-refractivity contribution in [2.45, 2.75) is 12.7 Å². The van der Waals surface area contributed by atoms with Crippen LogP contribution in [0.25, 0.3) is 0 Å². The van der Waals surface area contributed by atoms with E-state index in [1.807, 2.05) is 0 Å². The van der Waals surface area contributed by atoms with E-state index in [4.69, 9.17) is 5.73 Å². The van der Waals surface area contributed by atoms with Gasteiger partial charge < -0.3 is 10.3 Å². The molecule has 8 heteroatoms. The fraction of sp³-hybridized carbons (Fsp3) is 0.600. The van der Waals surface area contributed by atoms with E-state index >= 15 is 0 Å². The molecule has 0 aliphatic carbocycles. The second kappa shape index (κ2) is 3.93. The molecule has 1 rings (SSSR count). The Labute approximate surface area is 78.3 Å². The molecule has 1 heterocycles. The van der Waals surface area contributed by atoms with E-state index in [-0.39, 0.29) is 24.8 Å². The van der Waals surface area contributed by atoms with Gasteiger partial charge in [-0.15, -0.1) is 22.6 Å². The van der Waals surface area contributed by atoms with Gasteiger partial charge in [-0.2, -0.15) is 13.2 Å². The summed E-state index contributed by atoms with van der Waals surface area (Å²) >= 11 is 0. The molecule has 0 saturated carbocycles. The molecule has 1 aromatic heterocycles. The third-order valence-corrected chi connectivity index (χ3v) is 1.40. The Balaban J connectivity index is 0.00000144. The van der Waals surface area contributed by atoms with Gasteiger partial charge in [-0.05, 0) is 0 Å². The minimum atomic E-state index is -4.46. The van der Waals surface area contributed by atoms with Crippen molar-refractivity contribution in [1.82, 2.24) is 14.8 Å². The molecule has 0 spiro atoms. The fourth-order valence-corrected chi connectivity index (χ4v) is 0.786. The summed E-state index contributed by atoms with van der Waals surface area (Å²) in [6.07, 6.45) is -4.46. The maximum absolute atomic E-state index is 12.0. The molecular weight excluding hydrogens is 209 g/mol. The van der Waals surface area contributed by atoms with E-state index in [0.717, 1.165) is 4.57 Å². The Morgan fingerprint density at radius 2 is 1.92 bits per heavy atom. The highest BCUT2D eigenvalue weighted by molar-refractivity contribution is 5.85. The Hall–Kier alpha value is -0.820. The lowest BCUT2D eigenvalue weighted by Gasteiger charge is -2.04. The van der Waals surface area contributed by atoms with Crippen LogP contribution in [0.1, 0.15) is 11.6 Å². The predicted molar refractivity (Wildman–Crippen MR) is 41.1 cm³/mol. The van der Waals surface area contributed by atoms with Crippen LogP contribution in [0.15, 0.2) is 0 Å². The van der Waals surface area contributed by atoms with Gasteiger partial charge in [0.05, 0.1) is 6.54 Å². The number of rotatable bonds is 1. The molecule has 4 nitrogen and oxygen atoms in total. The van der Waals surface area contributed by atoms with E-state index in [0.29, 0.717) is 0 Å². The van der Waals surface area contributed by atoms with Crippen LogP contribution < -0.4 is 5.73 Å². The number of halogens is 4. The molecular formula is C5H8ClF3N4. The van der Waals surface area contributed by atoms with Crippen molar-refractivity contribution in [1.29, 1.82) is 0 Å². The molecule has 0 atom stereocenters. The van der Waals surface area contributed by atoms with E-state index in [1.165, 1.54) is 7.05 Å². The van der Waals surface area contributed by atoms with Crippen LogP contribution in [-0.2, 0) is 19.8 Å². The van der Waals surface area contributed by atoms with Gasteiger partial charge >= 0.3 is 6.18 Å². The van der Waals surface area contributed by atoms with Crippen LogP contribution in [0, 0.1) is 0 Å². The van der Waals surface area contributed by atoms with Gasteiger partial charge in [-0.3, -0.25) is 0 Å². The zero-order chi connectivity index (χ0) is 9.35. The molecule has 0 saturated heterocycles. The number of alkyl halides is 3. The van der Waals surface area contributed by atoms with Crippen molar-refractivity contribution in [3.63, 3.8) is 0 Å². The second-order valence-electron chi connectivity index (χ2n) is 2.20. The highest BCUT2D eigenvalue weighted by atomic mass is 35.5. The molecule has 13 heavy (non-hydrogen) atoms. The van der Waals surface area contributed by atoms with Crippen molar-refractivity contribution < 1.29 is 13.2 Å². The van der Waals surface area contributed by atoms with Gasteiger partial charge in [0, 0.05) is 7.05 Å². The van der Waals surface area contributed by atoms with E-state index in [1.54, 1.807) is 0 Å². The number of hydrogen-bond acceptors (Lipinski definition) is 3. The first kappa shape index (κ1) is 12.2. The topological polar surface area (TPSA) is 56.7 Å². The monoisotopic (exact) mass is 216 g/mol. The minimum Gasteiger partial charge on any atom is -0.324 e. The molecule has 0 unspecified atom stereocenters. The number of aromatic nitrogens is 3. The number of hydrogen-bond donors (Lipinski definition) is 1. The number of nitrogens with two attached hydrogens (primary N) is 1. The first-order chi connectivity index (χ1) is 5.46. The maximum Gasteiger partial charge on any atom is 0.451 e. The maximum atomic E-state index is 12.0. The highest BCUT2D eigenvalue weighted by Gasteiger charge is 2.37.